The second-order valence-electron chi connectivity index (χ2n) is 5.36. The Morgan fingerprint density at radius 1 is 0.667 bits per heavy atom. The highest BCUT2D eigenvalue weighted by molar-refractivity contribution is 4.83. The van der Waals surface area contributed by atoms with Gasteiger partial charge in [0.2, 0.25) is 0 Å². The predicted octanol–water partition coefficient (Wildman–Crippen LogP) is 3.86. The molecule has 0 nitrogen and oxygen atoms in total. The van der Waals surface area contributed by atoms with Gasteiger partial charge in [-0.1, -0.05) is 26.7 Å². The predicted molar refractivity (Wildman–Crippen MR) is 53.0 cm³/mol. The van der Waals surface area contributed by atoms with Gasteiger partial charge in [0.15, 0.2) is 0 Å². The van der Waals surface area contributed by atoms with Crippen LogP contribution in [-0.4, -0.2) is 0 Å². The van der Waals surface area contributed by atoms with Crippen molar-refractivity contribution in [1.82, 2.24) is 0 Å². The zero-order valence-electron chi connectivity index (χ0n) is 8.55. The fourth-order valence-electron chi connectivity index (χ4n) is 3.36. The van der Waals surface area contributed by atoms with Gasteiger partial charge in [-0.2, -0.15) is 0 Å². The highest BCUT2D eigenvalue weighted by Crippen LogP contribution is 2.44. The van der Waals surface area contributed by atoms with E-state index in [0.717, 1.165) is 23.7 Å². The van der Waals surface area contributed by atoms with Crippen LogP contribution in [0.4, 0.5) is 0 Å². The molecule has 2 aliphatic rings. The Morgan fingerprint density at radius 3 is 1.67 bits per heavy atom. The van der Waals surface area contributed by atoms with Crippen molar-refractivity contribution in [3.8, 4) is 0 Å². The molecule has 4 atom stereocenters. The summed E-state index contributed by atoms with van der Waals surface area (Å²) >= 11 is 0. The summed E-state index contributed by atoms with van der Waals surface area (Å²) in [4.78, 5) is 0. The summed E-state index contributed by atoms with van der Waals surface area (Å²) in [5.41, 5.74) is 0. The van der Waals surface area contributed by atoms with Crippen LogP contribution < -0.4 is 0 Å². The Morgan fingerprint density at radius 2 is 1.17 bits per heavy atom. The van der Waals surface area contributed by atoms with Gasteiger partial charge in [0.1, 0.15) is 0 Å². The minimum atomic E-state index is 1.02. The molecule has 3 unspecified atom stereocenters. The highest BCUT2D eigenvalue weighted by atomic mass is 14.4. The third-order valence-electron chi connectivity index (χ3n) is 4.14. The van der Waals surface area contributed by atoms with E-state index in [0.29, 0.717) is 0 Å². The number of rotatable bonds is 0. The minimum absolute atomic E-state index is 1.02. The normalized spacial score (nSPS) is 48.5. The molecule has 0 heterocycles. The van der Waals surface area contributed by atoms with Crippen LogP contribution in [0.3, 0.4) is 0 Å². The zero-order chi connectivity index (χ0) is 8.55. The lowest BCUT2D eigenvalue weighted by molar-refractivity contribution is 0.109. The smallest absolute Gasteiger partial charge is 0.0381 e. The van der Waals surface area contributed by atoms with Gasteiger partial charge >= 0.3 is 0 Å². The molecule has 70 valence electrons. The Balaban J connectivity index is 1.94. The molecule has 0 aromatic carbocycles. The standard InChI is InChI=1S/C12H22/c1-9-3-5-11-6-4-10(2)8-12(11)7-9/h9-12H,3-8H2,1-2H3/t9-,10?,11?,12?/m1/s1. The van der Waals surface area contributed by atoms with E-state index in [-0.39, 0.29) is 0 Å². The third kappa shape index (κ3) is 1.67. The molecule has 2 fully saturated rings. The maximum atomic E-state index is 2.44. The molecule has 0 heteroatoms. The first kappa shape index (κ1) is 8.59. The molecule has 0 radical (unpaired) electrons. The summed E-state index contributed by atoms with van der Waals surface area (Å²) in [6.45, 7) is 4.88. The monoisotopic (exact) mass is 166 g/mol. The average molecular weight is 166 g/mol. The second kappa shape index (κ2) is 3.40. The minimum Gasteiger partial charge on any atom is -0.0625 e. The van der Waals surface area contributed by atoms with Crippen molar-refractivity contribution in [2.24, 2.45) is 23.7 Å². The van der Waals surface area contributed by atoms with E-state index in [1.54, 1.807) is 12.8 Å². The summed E-state index contributed by atoms with van der Waals surface area (Å²) in [6.07, 6.45) is 9.17. The van der Waals surface area contributed by atoms with Gasteiger partial charge in [-0.05, 0) is 49.4 Å². The van der Waals surface area contributed by atoms with Crippen LogP contribution in [0.15, 0.2) is 0 Å². The Labute approximate surface area is 76.7 Å². The fourth-order valence-corrected chi connectivity index (χ4v) is 3.36. The molecule has 0 spiro atoms. The lowest BCUT2D eigenvalue weighted by atomic mass is 9.65. The Hall–Kier alpha value is 0. The Kier molecular flexibility index (Phi) is 2.43. The van der Waals surface area contributed by atoms with Crippen LogP contribution in [-0.2, 0) is 0 Å². The van der Waals surface area contributed by atoms with Gasteiger partial charge in [-0.15, -0.1) is 0 Å². The summed E-state index contributed by atoms with van der Waals surface area (Å²) in [5.74, 6) is 4.28. The van der Waals surface area contributed by atoms with Crippen molar-refractivity contribution in [3.63, 3.8) is 0 Å². The van der Waals surface area contributed by atoms with E-state index in [2.05, 4.69) is 13.8 Å². The van der Waals surface area contributed by atoms with E-state index in [1.807, 2.05) is 0 Å². The molecule has 0 aromatic rings. The van der Waals surface area contributed by atoms with Crippen molar-refractivity contribution in [3.05, 3.63) is 0 Å². The van der Waals surface area contributed by atoms with Gasteiger partial charge in [0, 0.05) is 0 Å². The van der Waals surface area contributed by atoms with Gasteiger partial charge < -0.3 is 0 Å². The molecule has 0 N–H and O–H groups in total. The summed E-state index contributed by atoms with van der Waals surface area (Å²) in [5, 5.41) is 0. The maximum absolute atomic E-state index is 2.44. The molecule has 2 saturated carbocycles. The zero-order valence-corrected chi connectivity index (χ0v) is 8.55. The van der Waals surface area contributed by atoms with Crippen molar-refractivity contribution in [2.45, 2.75) is 52.4 Å². The molecule has 0 aliphatic heterocycles. The largest absolute Gasteiger partial charge is 0.0625 e. The van der Waals surface area contributed by atoms with E-state index in [1.165, 1.54) is 25.7 Å². The van der Waals surface area contributed by atoms with Crippen LogP contribution in [0.5, 0.6) is 0 Å². The molecule has 0 amide bonds. The van der Waals surface area contributed by atoms with E-state index in [9.17, 15) is 0 Å². The van der Waals surface area contributed by atoms with Gasteiger partial charge in [-0.25, -0.2) is 0 Å². The van der Waals surface area contributed by atoms with Crippen LogP contribution in [0.2, 0.25) is 0 Å². The summed E-state index contributed by atoms with van der Waals surface area (Å²) in [6, 6.07) is 0. The fraction of sp³-hybridized carbons (Fsp3) is 1.00. The molecule has 0 saturated heterocycles. The van der Waals surface area contributed by atoms with Crippen molar-refractivity contribution >= 4 is 0 Å². The van der Waals surface area contributed by atoms with E-state index in [4.69, 9.17) is 0 Å². The first-order valence-corrected chi connectivity index (χ1v) is 5.75. The molecular weight excluding hydrogens is 144 g/mol. The first-order chi connectivity index (χ1) is 5.75. The molecule has 0 aromatic heterocycles. The summed E-state index contributed by atoms with van der Waals surface area (Å²) in [7, 11) is 0. The van der Waals surface area contributed by atoms with E-state index >= 15 is 0 Å². The quantitative estimate of drug-likeness (QED) is 0.512. The highest BCUT2D eigenvalue weighted by Gasteiger charge is 2.32. The van der Waals surface area contributed by atoms with Crippen LogP contribution in [0.1, 0.15) is 52.4 Å². The number of hydrogen-bond donors (Lipinski definition) is 0. The average Bonchev–Trinajstić information content (AvgIpc) is 2.03. The van der Waals surface area contributed by atoms with Gasteiger partial charge in [0.05, 0.1) is 0 Å². The van der Waals surface area contributed by atoms with E-state index < -0.39 is 0 Å². The first-order valence-electron chi connectivity index (χ1n) is 5.75. The Bertz CT molecular complexity index is 134. The van der Waals surface area contributed by atoms with Crippen molar-refractivity contribution in [1.29, 1.82) is 0 Å². The van der Waals surface area contributed by atoms with Crippen molar-refractivity contribution < 1.29 is 0 Å². The summed E-state index contributed by atoms with van der Waals surface area (Å²) < 4.78 is 0. The van der Waals surface area contributed by atoms with Crippen LogP contribution in [0, 0.1) is 23.7 Å². The molecule has 2 rings (SSSR count). The molecule has 0 bridgehead atoms. The lowest BCUT2D eigenvalue weighted by Crippen LogP contribution is -2.29. The maximum Gasteiger partial charge on any atom is -0.0381 e. The van der Waals surface area contributed by atoms with Crippen LogP contribution >= 0.6 is 0 Å². The number of fused-ring (bicyclic) bond motifs is 1. The van der Waals surface area contributed by atoms with Crippen LogP contribution in [0.25, 0.3) is 0 Å². The molecule has 2 aliphatic carbocycles. The SMILES string of the molecule is CC1CCC2CC[C@@H](C)CC2C1. The third-order valence-corrected chi connectivity index (χ3v) is 4.14. The molecular formula is C12H22. The lowest BCUT2D eigenvalue weighted by Gasteiger charge is -2.40. The van der Waals surface area contributed by atoms with Gasteiger partial charge in [-0.3, -0.25) is 0 Å². The number of hydrogen-bond acceptors (Lipinski definition) is 0. The topological polar surface area (TPSA) is 0 Å². The van der Waals surface area contributed by atoms with Crippen molar-refractivity contribution in [2.75, 3.05) is 0 Å². The molecule has 12 heavy (non-hydrogen) atoms. The van der Waals surface area contributed by atoms with Gasteiger partial charge in [0.25, 0.3) is 0 Å². The second-order valence-corrected chi connectivity index (χ2v) is 5.36.